The van der Waals surface area contributed by atoms with Gasteiger partial charge in [0.15, 0.2) is 5.76 Å². The van der Waals surface area contributed by atoms with Crippen LogP contribution >= 0.6 is 0 Å². The van der Waals surface area contributed by atoms with Gasteiger partial charge in [-0.25, -0.2) is 4.79 Å². The van der Waals surface area contributed by atoms with Crippen molar-refractivity contribution in [1.29, 1.82) is 0 Å². The van der Waals surface area contributed by atoms with Crippen LogP contribution < -0.4 is 5.32 Å². The number of methoxy groups -OCH3 is 1. The van der Waals surface area contributed by atoms with Gasteiger partial charge in [-0.1, -0.05) is 0 Å². The summed E-state index contributed by atoms with van der Waals surface area (Å²) in [4.78, 5) is 25.5. The standard InChI is InChI=1S/C13H20N2O8/c1-6(12(20)21)15-9-10(23-2)7(14-4-8(17)18)3-13(22,5-16)11(9)19/h6,11,14,16,19,22H,3-5H2,1-2H3,(H,17,18)(H,20,21)/b15-9-/t6?,11-,13+/m0/s1. The average molecular weight is 332 g/mol. The van der Waals surface area contributed by atoms with Crippen LogP contribution in [0, 0.1) is 0 Å². The number of ether oxygens (including phenoxy) is 1. The molecule has 0 aliphatic heterocycles. The van der Waals surface area contributed by atoms with Crippen molar-refractivity contribution in [2.75, 3.05) is 20.3 Å². The van der Waals surface area contributed by atoms with E-state index in [0.29, 0.717) is 0 Å². The first-order valence-corrected chi connectivity index (χ1v) is 6.71. The fourth-order valence-electron chi connectivity index (χ4n) is 2.10. The third-order valence-corrected chi connectivity index (χ3v) is 3.38. The number of aliphatic imine (C=N–C) groups is 1. The van der Waals surface area contributed by atoms with Crippen molar-refractivity contribution >= 4 is 17.7 Å². The van der Waals surface area contributed by atoms with Crippen LogP contribution in [0.15, 0.2) is 16.4 Å². The summed E-state index contributed by atoms with van der Waals surface area (Å²) in [5.41, 5.74) is -2.23. The molecule has 0 aromatic carbocycles. The fraction of sp³-hybridized carbons (Fsp3) is 0.615. The van der Waals surface area contributed by atoms with Crippen LogP contribution in [0.3, 0.4) is 0 Å². The lowest BCUT2D eigenvalue weighted by atomic mass is 9.82. The average Bonchev–Trinajstić information content (AvgIpc) is 2.49. The van der Waals surface area contributed by atoms with Gasteiger partial charge >= 0.3 is 11.9 Å². The number of aliphatic hydroxyl groups is 3. The highest BCUT2D eigenvalue weighted by atomic mass is 16.5. The van der Waals surface area contributed by atoms with Crippen LogP contribution in [-0.4, -0.2) is 81.2 Å². The van der Waals surface area contributed by atoms with Gasteiger partial charge in [0, 0.05) is 6.42 Å². The van der Waals surface area contributed by atoms with E-state index >= 15 is 0 Å². The number of nitrogens with one attached hydrogen (secondary N) is 1. The van der Waals surface area contributed by atoms with Crippen LogP contribution in [-0.2, 0) is 14.3 Å². The molecule has 0 spiro atoms. The minimum absolute atomic E-state index is 0.0648. The molecular formula is C13H20N2O8. The largest absolute Gasteiger partial charge is 0.493 e. The Bertz CT molecular complexity index is 544. The van der Waals surface area contributed by atoms with Crippen molar-refractivity contribution in [3.63, 3.8) is 0 Å². The molecule has 0 aromatic heterocycles. The Kier molecular flexibility index (Phi) is 6.07. The third-order valence-electron chi connectivity index (χ3n) is 3.38. The number of hydrogen-bond donors (Lipinski definition) is 6. The lowest BCUT2D eigenvalue weighted by Gasteiger charge is -2.38. The number of aliphatic carboxylic acids is 2. The van der Waals surface area contributed by atoms with Crippen LogP contribution in [0.25, 0.3) is 0 Å². The Labute approximate surface area is 131 Å². The zero-order valence-electron chi connectivity index (χ0n) is 12.7. The van der Waals surface area contributed by atoms with Crippen molar-refractivity contribution in [1.82, 2.24) is 5.32 Å². The van der Waals surface area contributed by atoms with E-state index < -0.39 is 42.8 Å². The maximum absolute atomic E-state index is 11.0. The summed E-state index contributed by atoms with van der Waals surface area (Å²) in [5, 5.41) is 50.1. The molecule has 130 valence electrons. The van der Waals surface area contributed by atoms with Crippen molar-refractivity contribution in [2.24, 2.45) is 4.99 Å². The number of carboxylic acid groups (broad SMARTS) is 2. The van der Waals surface area contributed by atoms with E-state index in [2.05, 4.69) is 10.3 Å². The number of nitrogens with zero attached hydrogens (tertiary/aromatic N) is 1. The van der Waals surface area contributed by atoms with Gasteiger partial charge in [-0.2, -0.15) is 0 Å². The fourth-order valence-corrected chi connectivity index (χ4v) is 2.10. The highest BCUT2D eigenvalue weighted by Gasteiger charge is 2.46. The molecule has 0 fully saturated rings. The van der Waals surface area contributed by atoms with E-state index in [-0.39, 0.29) is 23.6 Å². The Balaban J connectivity index is 3.37. The van der Waals surface area contributed by atoms with E-state index in [9.17, 15) is 24.9 Å². The molecule has 10 nitrogen and oxygen atoms in total. The predicted molar refractivity (Wildman–Crippen MR) is 76.9 cm³/mol. The molecule has 6 N–H and O–H groups in total. The van der Waals surface area contributed by atoms with Gasteiger partial charge in [0.1, 0.15) is 30.0 Å². The van der Waals surface area contributed by atoms with Crippen molar-refractivity contribution < 1.29 is 39.9 Å². The molecule has 0 aromatic rings. The van der Waals surface area contributed by atoms with Crippen LogP contribution in [0.1, 0.15) is 13.3 Å². The molecule has 10 heteroatoms. The molecule has 1 aliphatic carbocycles. The summed E-state index contributed by atoms with van der Waals surface area (Å²) in [5.74, 6) is -2.51. The molecule has 0 radical (unpaired) electrons. The summed E-state index contributed by atoms with van der Waals surface area (Å²) in [6.07, 6.45) is -2.01. The molecule has 0 bridgehead atoms. The molecule has 0 amide bonds. The van der Waals surface area contributed by atoms with Crippen molar-refractivity contribution in [3.8, 4) is 0 Å². The summed E-state index contributed by atoms with van der Waals surface area (Å²) < 4.78 is 5.09. The maximum Gasteiger partial charge on any atom is 0.328 e. The van der Waals surface area contributed by atoms with Crippen molar-refractivity contribution in [3.05, 3.63) is 11.5 Å². The van der Waals surface area contributed by atoms with E-state index in [0.717, 1.165) is 0 Å². The topological polar surface area (TPSA) is 169 Å². The van der Waals surface area contributed by atoms with Gasteiger partial charge in [-0.05, 0) is 6.92 Å². The van der Waals surface area contributed by atoms with Crippen LogP contribution in [0.2, 0.25) is 0 Å². The SMILES string of the molecule is COC1=C(NCC(=O)O)C[C@@](O)(CO)[C@@H](O)/C1=N\C(C)C(=O)O. The Morgan fingerprint density at radius 3 is 2.52 bits per heavy atom. The van der Waals surface area contributed by atoms with Gasteiger partial charge < -0.3 is 35.6 Å². The van der Waals surface area contributed by atoms with Gasteiger partial charge in [0.2, 0.25) is 0 Å². The number of hydrogen-bond acceptors (Lipinski definition) is 8. The molecule has 1 unspecified atom stereocenters. The molecule has 23 heavy (non-hydrogen) atoms. The van der Waals surface area contributed by atoms with Crippen LogP contribution in [0.4, 0.5) is 0 Å². The van der Waals surface area contributed by atoms with E-state index in [1.807, 2.05) is 0 Å². The normalized spacial score (nSPS) is 27.7. The first-order chi connectivity index (χ1) is 10.7. The highest BCUT2D eigenvalue weighted by Crippen LogP contribution is 2.31. The summed E-state index contributed by atoms with van der Waals surface area (Å²) in [6, 6.07) is -1.24. The Morgan fingerprint density at radius 2 is 2.09 bits per heavy atom. The molecular weight excluding hydrogens is 312 g/mol. The second-order valence-corrected chi connectivity index (χ2v) is 5.13. The highest BCUT2D eigenvalue weighted by molar-refractivity contribution is 6.05. The summed E-state index contributed by atoms with van der Waals surface area (Å²) in [6.45, 7) is -0.0856. The number of carbonyl (C=O) groups is 2. The first kappa shape index (κ1) is 18.9. The van der Waals surface area contributed by atoms with Gasteiger partial charge in [0.25, 0.3) is 0 Å². The van der Waals surface area contributed by atoms with Gasteiger partial charge in [-0.15, -0.1) is 0 Å². The van der Waals surface area contributed by atoms with E-state index in [4.69, 9.17) is 14.9 Å². The Morgan fingerprint density at radius 1 is 1.48 bits per heavy atom. The molecule has 0 saturated carbocycles. The lowest BCUT2D eigenvalue weighted by Crippen LogP contribution is -2.55. The minimum Gasteiger partial charge on any atom is -0.493 e. The lowest BCUT2D eigenvalue weighted by molar-refractivity contribution is -0.138. The zero-order chi connectivity index (χ0) is 17.8. The second kappa shape index (κ2) is 7.40. The zero-order valence-corrected chi connectivity index (χ0v) is 12.7. The van der Waals surface area contributed by atoms with E-state index in [1.54, 1.807) is 0 Å². The maximum atomic E-state index is 11.0. The second-order valence-electron chi connectivity index (χ2n) is 5.13. The molecule has 0 saturated heterocycles. The quantitative estimate of drug-likeness (QED) is 0.306. The first-order valence-electron chi connectivity index (χ1n) is 6.71. The number of aliphatic hydroxyl groups excluding tert-OH is 2. The number of rotatable bonds is 7. The summed E-state index contributed by atoms with van der Waals surface area (Å²) >= 11 is 0. The smallest absolute Gasteiger partial charge is 0.328 e. The van der Waals surface area contributed by atoms with Gasteiger partial charge in [-0.3, -0.25) is 9.79 Å². The molecule has 3 atom stereocenters. The summed E-state index contributed by atoms with van der Waals surface area (Å²) in [7, 11) is 1.23. The Hall–Kier alpha value is -2.17. The van der Waals surface area contributed by atoms with Crippen LogP contribution in [0.5, 0.6) is 0 Å². The molecule has 1 aliphatic rings. The molecule has 0 heterocycles. The third kappa shape index (κ3) is 4.18. The minimum atomic E-state index is -2.04. The monoisotopic (exact) mass is 332 g/mol. The van der Waals surface area contributed by atoms with Gasteiger partial charge in [0.05, 0.1) is 19.4 Å². The predicted octanol–water partition coefficient (Wildman–Crippen LogP) is -2.08. The number of carboxylic acids is 2. The van der Waals surface area contributed by atoms with E-state index in [1.165, 1.54) is 14.0 Å². The molecule has 1 rings (SSSR count). The van der Waals surface area contributed by atoms with Crippen molar-refractivity contribution in [2.45, 2.75) is 31.1 Å².